The fourth-order valence-corrected chi connectivity index (χ4v) is 2.12. The third-order valence-electron chi connectivity index (χ3n) is 3.31. The van der Waals surface area contributed by atoms with Crippen LogP contribution in [0.25, 0.3) is 0 Å². The lowest BCUT2D eigenvalue weighted by molar-refractivity contribution is -0.131. The molecule has 1 N–H and O–H groups in total. The first kappa shape index (κ1) is 15.5. The zero-order valence-corrected chi connectivity index (χ0v) is 13.0. The predicted octanol–water partition coefficient (Wildman–Crippen LogP) is 2.29. The summed E-state index contributed by atoms with van der Waals surface area (Å²) in [5.41, 5.74) is 1.84. The Morgan fingerprint density at radius 3 is 2.81 bits per heavy atom. The van der Waals surface area contributed by atoms with Crippen LogP contribution < -0.4 is 5.32 Å². The lowest BCUT2D eigenvalue weighted by Gasteiger charge is -2.08. The monoisotopic (exact) mass is 293 g/mol. The molecule has 0 fully saturated rings. The molecule has 2 heterocycles. The fourth-order valence-electron chi connectivity index (χ4n) is 2.12. The molecule has 1 atom stereocenters. The van der Waals surface area contributed by atoms with E-state index in [1.54, 1.807) is 0 Å². The number of aromatic nitrogens is 1. The van der Waals surface area contributed by atoms with Crippen LogP contribution in [0.15, 0.2) is 15.7 Å². The molecule has 0 radical (unpaired) electrons. The molecular formula is C15H23N3O3. The van der Waals surface area contributed by atoms with Crippen molar-refractivity contribution in [3.63, 3.8) is 0 Å². The van der Waals surface area contributed by atoms with Gasteiger partial charge in [-0.3, -0.25) is 4.79 Å². The molecule has 116 valence electrons. The minimum absolute atomic E-state index is 0.170. The first-order valence-corrected chi connectivity index (χ1v) is 7.40. The van der Waals surface area contributed by atoms with Crippen molar-refractivity contribution >= 4 is 11.6 Å². The molecule has 1 aromatic heterocycles. The summed E-state index contributed by atoms with van der Waals surface area (Å²) in [4.78, 5) is 17.2. The molecule has 1 aliphatic rings. The Labute approximate surface area is 124 Å². The van der Waals surface area contributed by atoms with Crippen molar-refractivity contribution in [2.75, 3.05) is 0 Å². The zero-order valence-electron chi connectivity index (χ0n) is 13.0. The van der Waals surface area contributed by atoms with E-state index in [1.807, 2.05) is 19.9 Å². The van der Waals surface area contributed by atoms with Crippen molar-refractivity contribution in [1.82, 2.24) is 10.5 Å². The second-order valence-corrected chi connectivity index (χ2v) is 6.14. The first-order chi connectivity index (χ1) is 9.95. The predicted molar refractivity (Wildman–Crippen MR) is 78.7 cm³/mol. The minimum Gasteiger partial charge on any atom is -0.382 e. The molecule has 21 heavy (non-hydrogen) atoms. The van der Waals surface area contributed by atoms with E-state index in [1.165, 1.54) is 0 Å². The van der Waals surface area contributed by atoms with Gasteiger partial charge in [-0.1, -0.05) is 38.0 Å². The number of carbonyl (C=O) groups is 1. The fraction of sp³-hybridized carbons (Fsp3) is 0.667. The highest BCUT2D eigenvalue weighted by Gasteiger charge is 2.29. The maximum absolute atomic E-state index is 12.0. The van der Waals surface area contributed by atoms with Crippen molar-refractivity contribution in [2.45, 2.75) is 53.2 Å². The smallest absolute Gasteiger partial charge is 0.264 e. The summed E-state index contributed by atoms with van der Waals surface area (Å²) in [6.45, 7) is 8.64. The van der Waals surface area contributed by atoms with Gasteiger partial charge in [0.15, 0.2) is 5.76 Å². The van der Waals surface area contributed by atoms with Crippen molar-refractivity contribution in [3.8, 4) is 0 Å². The molecule has 1 aromatic rings. The van der Waals surface area contributed by atoms with E-state index >= 15 is 0 Å². The molecule has 6 heteroatoms. The lowest BCUT2D eigenvalue weighted by atomic mass is 10.0. The Morgan fingerprint density at radius 2 is 2.19 bits per heavy atom. The van der Waals surface area contributed by atoms with Crippen LogP contribution in [0.3, 0.4) is 0 Å². The van der Waals surface area contributed by atoms with Crippen LogP contribution in [0, 0.1) is 11.8 Å². The zero-order chi connectivity index (χ0) is 15.4. The first-order valence-electron chi connectivity index (χ1n) is 7.40. The van der Waals surface area contributed by atoms with Crippen LogP contribution in [0.1, 0.15) is 45.6 Å². The largest absolute Gasteiger partial charge is 0.382 e. The van der Waals surface area contributed by atoms with Crippen LogP contribution >= 0.6 is 0 Å². The molecule has 2 rings (SSSR count). The summed E-state index contributed by atoms with van der Waals surface area (Å²) in [5, 5.41) is 10.7. The van der Waals surface area contributed by atoms with E-state index in [0.29, 0.717) is 30.6 Å². The Kier molecular flexibility index (Phi) is 4.98. The molecule has 6 nitrogen and oxygen atoms in total. The van der Waals surface area contributed by atoms with Gasteiger partial charge in [0.2, 0.25) is 6.10 Å². The van der Waals surface area contributed by atoms with Gasteiger partial charge in [0, 0.05) is 12.5 Å². The van der Waals surface area contributed by atoms with Crippen molar-refractivity contribution in [3.05, 3.63) is 17.5 Å². The van der Waals surface area contributed by atoms with Gasteiger partial charge in [0.05, 0.1) is 18.0 Å². The third-order valence-corrected chi connectivity index (χ3v) is 3.31. The average Bonchev–Trinajstić information content (AvgIpc) is 3.04. The Morgan fingerprint density at radius 1 is 1.43 bits per heavy atom. The van der Waals surface area contributed by atoms with E-state index in [2.05, 4.69) is 29.5 Å². The average molecular weight is 293 g/mol. The Bertz CT molecular complexity index is 520. The highest BCUT2D eigenvalue weighted by molar-refractivity contribution is 5.93. The summed E-state index contributed by atoms with van der Waals surface area (Å²) < 4.78 is 5.20. The van der Waals surface area contributed by atoms with Gasteiger partial charge in [-0.2, -0.15) is 0 Å². The lowest BCUT2D eigenvalue weighted by Crippen LogP contribution is -2.34. The normalized spacial score (nSPS) is 18.0. The molecule has 0 bridgehead atoms. The number of rotatable bonds is 6. The number of hydrogen-bond donors (Lipinski definition) is 1. The molecule has 0 spiro atoms. The summed E-state index contributed by atoms with van der Waals surface area (Å²) in [6, 6.07) is 1.88. The van der Waals surface area contributed by atoms with Crippen LogP contribution in [-0.2, 0) is 22.6 Å². The molecular weight excluding hydrogens is 270 g/mol. The Balaban J connectivity index is 1.78. The highest BCUT2D eigenvalue weighted by atomic mass is 16.6. The van der Waals surface area contributed by atoms with Crippen LogP contribution in [0.2, 0.25) is 0 Å². The number of nitrogens with zero attached hydrogens (tertiary/aromatic N) is 2. The number of hydrogen-bond acceptors (Lipinski definition) is 5. The summed E-state index contributed by atoms with van der Waals surface area (Å²) >= 11 is 0. The van der Waals surface area contributed by atoms with Gasteiger partial charge in [-0.25, -0.2) is 0 Å². The van der Waals surface area contributed by atoms with Crippen molar-refractivity contribution in [2.24, 2.45) is 17.0 Å². The standard InChI is InChI=1S/C15H23N3O3/c1-9(2)5-11-6-12(20-17-11)8-16-15(19)14-7-13(10(3)4)18-21-14/h6,9-10,14H,5,7-8H2,1-4H3,(H,16,19)/t14-/m1/s1. The van der Waals surface area contributed by atoms with Crippen LogP contribution in [0.5, 0.6) is 0 Å². The van der Waals surface area contributed by atoms with E-state index in [-0.39, 0.29) is 5.91 Å². The van der Waals surface area contributed by atoms with E-state index in [9.17, 15) is 4.79 Å². The minimum atomic E-state index is -0.527. The van der Waals surface area contributed by atoms with Crippen LogP contribution in [0.4, 0.5) is 0 Å². The summed E-state index contributed by atoms with van der Waals surface area (Å²) in [5.74, 6) is 1.31. The quantitative estimate of drug-likeness (QED) is 0.873. The third kappa shape index (κ3) is 4.31. The second-order valence-electron chi connectivity index (χ2n) is 6.14. The van der Waals surface area contributed by atoms with Gasteiger partial charge in [-0.15, -0.1) is 0 Å². The molecule has 0 saturated carbocycles. The number of amides is 1. The number of oxime groups is 1. The van der Waals surface area contributed by atoms with Crippen molar-refractivity contribution < 1.29 is 14.2 Å². The topological polar surface area (TPSA) is 76.7 Å². The van der Waals surface area contributed by atoms with Gasteiger partial charge >= 0.3 is 0 Å². The summed E-state index contributed by atoms with van der Waals surface area (Å²) in [6.07, 6.45) is 0.897. The Hall–Kier alpha value is -1.85. The maximum atomic E-state index is 12.0. The molecule has 0 unspecified atom stereocenters. The van der Waals surface area contributed by atoms with Gasteiger partial charge in [0.1, 0.15) is 0 Å². The van der Waals surface area contributed by atoms with E-state index in [4.69, 9.17) is 9.36 Å². The van der Waals surface area contributed by atoms with Crippen LogP contribution in [-0.4, -0.2) is 22.9 Å². The SMILES string of the molecule is CC(C)Cc1cc(CNC(=O)[C@H]2CC(C(C)C)=NO2)on1. The molecule has 0 aliphatic carbocycles. The van der Waals surface area contributed by atoms with Gasteiger partial charge < -0.3 is 14.7 Å². The van der Waals surface area contributed by atoms with Gasteiger partial charge in [0.25, 0.3) is 5.91 Å². The molecule has 1 amide bonds. The second kappa shape index (κ2) is 6.74. The highest BCUT2D eigenvalue weighted by Crippen LogP contribution is 2.16. The van der Waals surface area contributed by atoms with Crippen molar-refractivity contribution in [1.29, 1.82) is 0 Å². The molecule has 1 aliphatic heterocycles. The number of carbonyl (C=O) groups excluding carboxylic acids is 1. The maximum Gasteiger partial charge on any atom is 0.264 e. The number of nitrogens with one attached hydrogen (secondary N) is 1. The van der Waals surface area contributed by atoms with Gasteiger partial charge in [-0.05, 0) is 18.3 Å². The van der Waals surface area contributed by atoms with E-state index < -0.39 is 6.10 Å². The molecule has 0 saturated heterocycles. The summed E-state index contributed by atoms with van der Waals surface area (Å²) in [7, 11) is 0. The molecule has 0 aromatic carbocycles. The van der Waals surface area contributed by atoms with E-state index in [0.717, 1.165) is 17.8 Å².